The molecule has 5 aromatic rings. The molecule has 1 aromatic carbocycles. The lowest BCUT2D eigenvalue weighted by atomic mass is 10.1. The minimum Gasteiger partial charge on any atom is -0.461 e. The van der Waals surface area contributed by atoms with Gasteiger partial charge in [-0.25, -0.2) is 9.37 Å². The molecule has 0 aliphatic rings. The predicted octanol–water partition coefficient (Wildman–Crippen LogP) is 3.96. The van der Waals surface area contributed by atoms with E-state index in [0.717, 1.165) is 5.56 Å². The van der Waals surface area contributed by atoms with Crippen molar-refractivity contribution in [2.45, 2.75) is 6.54 Å². The molecule has 0 radical (unpaired) electrons. The van der Waals surface area contributed by atoms with E-state index in [1.165, 1.54) is 40.6 Å². The number of aromatic nitrogens is 4. The molecular formula is C19H11FN4O3S. The maximum atomic E-state index is 13.2. The van der Waals surface area contributed by atoms with Crippen molar-refractivity contribution in [3.63, 3.8) is 0 Å². The largest absolute Gasteiger partial charge is 0.461 e. The molecule has 0 fully saturated rings. The summed E-state index contributed by atoms with van der Waals surface area (Å²) in [6, 6.07) is 9.45. The minimum atomic E-state index is -0.331. The van der Waals surface area contributed by atoms with Gasteiger partial charge in [0.25, 0.3) is 5.56 Å². The first-order valence-corrected chi connectivity index (χ1v) is 9.16. The fraction of sp³-hybridized carbons (Fsp3) is 0.0526. The number of furan rings is 1. The van der Waals surface area contributed by atoms with Gasteiger partial charge in [-0.3, -0.25) is 9.36 Å². The van der Waals surface area contributed by atoms with Gasteiger partial charge in [0.1, 0.15) is 17.2 Å². The molecule has 138 valence electrons. The summed E-state index contributed by atoms with van der Waals surface area (Å²) in [6.45, 7) is 0.0776. The van der Waals surface area contributed by atoms with E-state index in [1.807, 2.05) is 5.38 Å². The summed E-state index contributed by atoms with van der Waals surface area (Å²) in [4.78, 5) is 22.3. The van der Waals surface area contributed by atoms with Crippen molar-refractivity contribution < 1.29 is 13.3 Å². The van der Waals surface area contributed by atoms with E-state index < -0.39 is 0 Å². The van der Waals surface area contributed by atoms with E-state index in [-0.39, 0.29) is 23.8 Å². The summed E-state index contributed by atoms with van der Waals surface area (Å²) in [5, 5.41) is 6.18. The van der Waals surface area contributed by atoms with Crippen molar-refractivity contribution >= 4 is 21.6 Å². The SMILES string of the molecule is O=c1c2c(-c3ccc(F)cc3)csc2ncn1Cc1nc(-c2ccco2)no1. The second-order valence-corrected chi connectivity index (χ2v) is 6.86. The van der Waals surface area contributed by atoms with Crippen molar-refractivity contribution in [3.05, 3.63) is 76.4 Å². The van der Waals surface area contributed by atoms with Gasteiger partial charge in [-0.05, 0) is 29.8 Å². The second kappa shape index (κ2) is 6.54. The summed E-state index contributed by atoms with van der Waals surface area (Å²) >= 11 is 1.36. The molecule has 4 aromatic heterocycles. The van der Waals surface area contributed by atoms with E-state index in [0.29, 0.717) is 27.4 Å². The molecule has 0 bridgehead atoms. The molecule has 5 rings (SSSR count). The zero-order valence-electron chi connectivity index (χ0n) is 14.2. The molecule has 28 heavy (non-hydrogen) atoms. The quantitative estimate of drug-likeness (QED) is 0.459. The summed E-state index contributed by atoms with van der Waals surface area (Å²) in [6.07, 6.45) is 2.97. The molecule has 0 saturated carbocycles. The fourth-order valence-corrected chi connectivity index (χ4v) is 3.80. The zero-order chi connectivity index (χ0) is 19.1. The van der Waals surface area contributed by atoms with Gasteiger partial charge in [0, 0.05) is 10.9 Å². The van der Waals surface area contributed by atoms with Crippen LogP contribution in [0.4, 0.5) is 4.39 Å². The maximum absolute atomic E-state index is 13.2. The van der Waals surface area contributed by atoms with Crippen LogP contribution in [0.25, 0.3) is 32.9 Å². The number of rotatable bonds is 4. The molecule has 7 nitrogen and oxygen atoms in total. The van der Waals surface area contributed by atoms with Crippen molar-refractivity contribution in [2.75, 3.05) is 0 Å². The van der Waals surface area contributed by atoms with E-state index in [9.17, 15) is 9.18 Å². The van der Waals surface area contributed by atoms with Gasteiger partial charge >= 0.3 is 0 Å². The molecule has 4 heterocycles. The highest BCUT2D eigenvalue weighted by Crippen LogP contribution is 2.30. The topological polar surface area (TPSA) is 87.0 Å². The molecule has 9 heteroatoms. The average molecular weight is 394 g/mol. The third kappa shape index (κ3) is 2.81. The third-order valence-corrected chi connectivity index (χ3v) is 5.12. The van der Waals surface area contributed by atoms with Crippen LogP contribution in [0.2, 0.25) is 0 Å². The smallest absolute Gasteiger partial charge is 0.263 e. The van der Waals surface area contributed by atoms with Crippen LogP contribution in [-0.4, -0.2) is 19.7 Å². The molecule has 0 atom stereocenters. The highest BCUT2D eigenvalue weighted by atomic mass is 32.1. The number of benzene rings is 1. The molecule has 0 unspecified atom stereocenters. The van der Waals surface area contributed by atoms with E-state index in [1.54, 1.807) is 24.3 Å². The Balaban J connectivity index is 1.54. The van der Waals surface area contributed by atoms with Crippen LogP contribution in [-0.2, 0) is 6.54 Å². The van der Waals surface area contributed by atoms with Crippen molar-refractivity contribution in [3.8, 4) is 22.7 Å². The van der Waals surface area contributed by atoms with Crippen LogP contribution < -0.4 is 5.56 Å². The Morgan fingerprint density at radius 2 is 2.04 bits per heavy atom. The Kier molecular flexibility index (Phi) is 3.87. The number of thiophene rings is 1. The lowest BCUT2D eigenvalue weighted by Gasteiger charge is -2.03. The number of nitrogens with zero attached hydrogens (tertiary/aromatic N) is 4. The van der Waals surface area contributed by atoms with Crippen molar-refractivity contribution in [2.24, 2.45) is 0 Å². The van der Waals surface area contributed by atoms with Gasteiger partial charge in [0.15, 0.2) is 5.76 Å². The fourth-order valence-electron chi connectivity index (χ4n) is 2.89. The number of halogens is 1. The number of hydrogen-bond donors (Lipinski definition) is 0. The molecular weight excluding hydrogens is 383 g/mol. The molecule has 0 aliphatic carbocycles. The normalized spacial score (nSPS) is 11.3. The Bertz CT molecular complexity index is 1320. The first-order valence-electron chi connectivity index (χ1n) is 8.28. The van der Waals surface area contributed by atoms with Crippen LogP contribution in [0, 0.1) is 5.82 Å². The standard InChI is InChI=1S/C19H11FN4O3S/c20-12-5-3-11(4-6-12)13-9-28-18-16(13)19(25)24(10-21-18)8-15-22-17(23-27-15)14-2-1-7-26-14/h1-7,9-10H,8H2. The van der Waals surface area contributed by atoms with Gasteiger partial charge in [0.2, 0.25) is 11.7 Å². The van der Waals surface area contributed by atoms with E-state index in [2.05, 4.69) is 15.1 Å². The number of hydrogen-bond acceptors (Lipinski definition) is 7. The van der Waals surface area contributed by atoms with Gasteiger partial charge in [-0.15, -0.1) is 11.3 Å². The molecule has 0 saturated heterocycles. The van der Waals surface area contributed by atoms with Gasteiger partial charge in [0.05, 0.1) is 18.0 Å². The van der Waals surface area contributed by atoms with Crippen LogP contribution in [0.3, 0.4) is 0 Å². The first kappa shape index (κ1) is 16.6. The summed E-state index contributed by atoms with van der Waals surface area (Å²) in [5.74, 6) is 0.716. The van der Waals surface area contributed by atoms with E-state index in [4.69, 9.17) is 8.94 Å². The summed E-state index contributed by atoms with van der Waals surface area (Å²) in [7, 11) is 0. The minimum absolute atomic E-state index is 0.0776. The van der Waals surface area contributed by atoms with Crippen LogP contribution in [0.15, 0.2) is 68.1 Å². The average Bonchev–Trinajstić information content (AvgIpc) is 3.45. The van der Waals surface area contributed by atoms with Crippen LogP contribution in [0.5, 0.6) is 0 Å². The Morgan fingerprint density at radius 3 is 2.82 bits per heavy atom. The van der Waals surface area contributed by atoms with Gasteiger partial charge < -0.3 is 8.94 Å². The van der Waals surface area contributed by atoms with Gasteiger partial charge in [-0.2, -0.15) is 4.98 Å². The third-order valence-electron chi connectivity index (χ3n) is 4.23. The van der Waals surface area contributed by atoms with Crippen LogP contribution >= 0.6 is 11.3 Å². The number of fused-ring (bicyclic) bond motifs is 1. The second-order valence-electron chi connectivity index (χ2n) is 6.00. The summed E-state index contributed by atoms with van der Waals surface area (Å²) < 4.78 is 25.1. The zero-order valence-corrected chi connectivity index (χ0v) is 15.0. The Labute approximate surface area is 160 Å². The van der Waals surface area contributed by atoms with Crippen LogP contribution in [0.1, 0.15) is 5.89 Å². The molecule has 0 amide bonds. The summed E-state index contributed by atoms with van der Waals surface area (Å²) in [5.41, 5.74) is 1.24. The monoisotopic (exact) mass is 394 g/mol. The van der Waals surface area contributed by atoms with Crippen molar-refractivity contribution in [1.82, 2.24) is 19.7 Å². The molecule has 0 N–H and O–H groups in total. The molecule has 0 aliphatic heterocycles. The van der Waals surface area contributed by atoms with Crippen molar-refractivity contribution in [1.29, 1.82) is 0 Å². The predicted molar refractivity (Wildman–Crippen MR) is 100 cm³/mol. The first-order chi connectivity index (χ1) is 13.7. The van der Waals surface area contributed by atoms with Gasteiger partial charge in [-0.1, -0.05) is 17.3 Å². The lowest BCUT2D eigenvalue weighted by molar-refractivity contribution is 0.368. The Hall–Kier alpha value is -3.59. The highest BCUT2D eigenvalue weighted by molar-refractivity contribution is 7.17. The highest BCUT2D eigenvalue weighted by Gasteiger charge is 2.16. The maximum Gasteiger partial charge on any atom is 0.263 e. The van der Waals surface area contributed by atoms with E-state index >= 15 is 0 Å². The Morgan fingerprint density at radius 1 is 1.18 bits per heavy atom. The lowest BCUT2D eigenvalue weighted by Crippen LogP contribution is -2.21. The molecule has 0 spiro atoms.